The van der Waals surface area contributed by atoms with Crippen molar-refractivity contribution in [3.63, 3.8) is 0 Å². The highest BCUT2D eigenvalue weighted by molar-refractivity contribution is 5.37. The highest BCUT2D eigenvalue weighted by atomic mass is 16.6. The highest BCUT2D eigenvalue weighted by Crippen LogP contribution is 2.27. The molecule has 0 radical (unpaired) electrons. The molecule has 1 aliphatic carbocycles. The summed E-state index contributed by atoms with van der Waals surface area (Å²) in [5, 5.41) is 3.40. The molecular formula is C17H22N2O2. The molecule has 1 saturated carbocycles. The van der Waals surface area contributed by atoms with E-state index in [1.54, 1.807) is 6.26 Å². The van der Waals surface area contributed by atoms with Crippen LogP contribution in [0.5, 0.6) is 11.8 Å². The van der Waals surface area contributed by atoms with Crippen LogP contribution in [0.2, 0.25) is 0 Å². The van der Waals surface area contributed by atoms with Crippen molar-refractivity contribution in [3.8, 4) is 11.8 Å². The number of benzene rings is 1. The molecule has 21 heavy (non-hydrogen) atoms. The number of rotatable bonds is 6. The molecule has 2 aromatic rings. The van der Waals surface area contributed by atoms with Gasteiger partial charge in [-0.05, 0) is 48.9 Å². The normalized spacial score (nSPS) is 14.7. The molecule has 1 aromatic carbocycles. The first-order valence-electron chi connectivity index (χ1n) is 7.58. The quantitative estimate of drug-likeness (QED) is 0.866. The van der Waals surface area contributed by atoms with Gasteiger partial charge in [0.1, 0.15) is 12.0 Å². The molecule has 0 amide bonds. The Morgan fingerprint density at radius 2 is 2.19 bits per heavy atom. The Bertz CT molecular complexity index is 615. The maximum Gasteiger partial charge on any atom is 0.399 e. The first kappa shape index (κ1) is 14.1. The molecule has 0 bridgehead atoms. The number of aryl methyl sites for hydroxylation is 1. The minimum atomic E-state index is 0.305. The van der Waals surface area contributed by atoms with Crippen LogP contribution in [0.4, 0.5) is 0 Å². The Hall–Kier alpha value is -1.81. The monoisotopic (exact) mass is 286 g/mol. The summed E-state index contributed by atoms with van der Waals surface area (Å²) in [5.41, 5.74) is 3.45. The summed E-state index contributed by atoms with van der Waals surface area (Å²) >= 11 is 0. The Balaban J connectivity index is 1.64. The van der Waals surface area contributed by atoms with Gasteiger partial charge in [0.05, 0.1) is 5.69 Å². The second kappa shape index (κ2) is 5.90. The molecule has 1 fully saturated rings. The maximum absolute atomic E-state index is 5.69. The molecule has 1 N–H and O–H groups in total. The van der Waals surface area contributed by atoms with Gasteiger partial charge in [-0.15, -0.1) is 0 Å². The van der Waals surface area contributed by atoms with Crippen LogP contribution >= 0.6 is 0 Å². The van der Waals surface area contributed by atoms with Crippen LogP contribution in [-0.4, -0.2) is 11.0 Å². The molecular weight excluding hydrogens is 264 g/mol. The van der Waals surface area contributed by atoms with Crippen molar-refractivity contribution in [1.29, 1.82) is 0 Å². The number of hydrogen-bond acceptors (Lipinski definition) is 4. The zero-order valence-corrected chi connectivity index (χ0v) is 12.8. The Morgan fingerprint density at radius 3 is 2.86 bits per heavy atom. The van der Waals surface area contributed by atoms with E-state index in [9.17, 15) is 0 Å². The fourth-order valence-electron chi connectivity index (χ4n) is 2.41. The molecule has 112 valence electrons. The lowest BCUT2D eigenvalue weighted by Gasteiger charge is -2.10. The molecule has 0 aliphatic heterocycles. The van der Waals surface area contributed by atoms with Crippen molar-refractivity contribution < 1.29 is 9.15 Å². The summed E-state index contributed by atoms with van der Waals surface area (Å²) in [7, 11) is 0. The summed E-state index contributed by atoms with van der Waals surface area (Å²) in [6.07, 6.45) is 4.49. The largest absolute Gasteiger partial charge is 0.417 e. The third-order valence-electron chi connectivity index (χ3n) is 3.75. The van der Waals surface area contributed by atoms with E-state index in [2.05, 4.69) is 37.1 Å². The standard InChI is InChI=1S/C17H22N2O2/c1-11(2)16-7-6-15(8-12(16)3)21-17-19-14(10-20-17)9-18-13-4-5-13/h6-8,10-11,13,18H,4-5,9H2,1-3H3. The van der Waals surface area contributed by atoms with Gasteiger partial charge in [-0.2, -0.15) is 4.98 Å². The van der Waals surface area contributed by atoms with Crippen molar-refractivity contribution >= 4 is 0 Å². The van der Waals surface area contributed by atoms with Gasteiger partial charge in [0.2, 0.25) is 0 Å². The molecule has 1 aliphatic rings. The van der Waals surface area contributed by atoms with Crippen LogP contribution in [0.3, 0.4) is 0 Å². The Labute approximate surface area is 125 Å². The van der Waals surface area contributed by atoms with Gasteiger partial charge in [0.15, 0.2) is 0 Å². The molecule has 4 nitrogen and oxygen atoms in total. The van der Waals surface area contributed by atoms with Crippen molar-refractivity contribution in [2.75, 3.05) is 0 Å². The van der Waals surface area contributed by atoms with Gasteiger partial charge >= 0.3 is 6.08 Å². The van der Waals surface area contributed by atoms with Crippen molar-refractivity contribution in [3.05, 3.63) is 41.3 Å². The zero-order valence-electron chi connectivity index (χ0n) is 12.8. The van der Waals surface area contributed by atoms with Crippen LogP contribution in [0.15, 0.2) is 28.9 Å². The highest BCUT2D eigenvalue weighted by Gasteiger charge is 2.20. The summed E-state index contributed by atoms with van der Waals surface area (Å²) in [5.74, 6) is 1.28. The van der Waals surface area contributed by atoms with Crippen molar-refractivity contribution in [2.45, 2.75) is 52.1 Å². The number of hydrogen-bond donors (Lipinski definition) is 1. The summed E-state index contributed by atoms with van der Waals surface area (Å²) in [6, 6.07) is 6.77. The van der Waals surface area contributed by atoms with E-state index in [-0.39, 0.29) is 0 Å². The fraction of sp³-hybridized carbons (Fsp3) is 0.471. The summed E-state index contributed by atoms with van der Waals surface area (Å²) in [6.45, 7) is 7.22. The molecule has 0 unspecified atom stereocenters. The van der Waals surface area contributed by atoms with E-state index < -0.39 is 0 Å². The average molecular weight is 286 g/mol. The SMILES string of the molecule is Cc1cc(Oc2nc(CNC3CC3)co2)ccc1C(C)C. The number of ether oxygens (including phenoxy) is 1. The second-order valence-corrected chi connectivity index (χ2v) is 6.04. The first-order valence-corrected chi connectivity index (χ1v) is 7.58. The molecule has 1 heterocycles. The number of nitrogens with one attached hydrogen (secondary N) is 1. The van der Waals surface area contributed by atoms with Crippen LogP contribution < -0.4 is 10.1 Å². The molecule has 0 saturated heterocycles. The van der Waals surface area contributed by atoms with Crippen LogP contribution in [0.25, 0.3) is 0 Å². The van der Waals surface area contributed by atoms with Crippen LogP contribution in [0.1, 0.15) is 49.4 Å². The number of aromatic nitrogens is 1. The average Bonchev–Trinajstić information content (AvgIpc) is 3.16. The smallest absolute Gasteiger partial charge is 0.399 e. The van der Waals surface area contributed by atoms with Gasteiger partial charge in [-0.3, -0.25) is 0 Å². The zero-order chi connectivity index (χ0) is 14.8. The number of oxazole rings is 1. The fourth-order valence-corrected chi connectivity index (χ4v) is 2.41. The minimum absolute atomic E-state index is 0.305. The van der Waals surface area contributed by atoms with Crippen LogP contribution in [-0.2, 0) is 6.54 Å². The molecule has 1 aromatic heterocycles. The Kier molecular flexibility index (Phi) is 3.97. The third kappa shape index (κ3) is 3.64. The second-order valence-electron chi connectivity index (χ2n) is 6.04. The van der Waals surface area contributed by atoms with E-state index in [1.807, 2.05) is 12.1 Å². The number of nitrogens with zero attached hydrogens (tertiary/aromatic N) is 1. The Morgan fingerprint density at radius 1 is 1.38 bits per heavy atom. The van der Waals surface area contributed by atoms with E-state index in [1.165, 1.54) is 24.0 Å². The van der Waals surface area contributed by atoms with E-state index >= 15 is 0 Å². The van der Waals surface area contributed by atoms with E-state index in [0.29, 0.717) is 18.0 Å². The summed E-state index contributed by atoms with van der Waals surface area (Å²) < 4.78 is 11.1. The molecule has 0 atom stereocenters. The van der Waals surface area contributed by atoms with Gasteiger partial charge in [0, 0.05) is 12.6 Å². The maximum atomic E-state index is 5.69. The van der Waals surface area contributed by atoms with Crippen molar-refractivity contribution in [1.82, 2.24) is 10.3 Å². The predicted molar refractivity (Wildman–Crippen MR) is 81.7 cm³/mol. The topological polar surface area (TPSA) is 47.3 Å². The molecule has 0 spiro atoms. The van der Waals surface area contributed by atoms with Gasteiger partial charge < -0.3 is 14.5 Å². The molecule has 3 rings (SSSR count). The van der Waals surface area contributed by atoms with Crippen LogP contribution in [0, 0.1) is 6.92 Å². The lowest BCUT2D eigenvalue weighted by Crippen LogP contribution is -2.15. The summed E-state index contributed by atoms with van der Waals surface area (Å²) in [4.78, 5) is 4.34. The minimum Gasteiger partial charge on any atom is -0.417 e. The lowest BCUT2D eigenvalue weighted by atomic mass is 9.98. The lowest BCUT2D eigenvalue weighted by molar-refractivity contribution is 0.330. The third-order valence-corrected chi connectivity index (χ3v) is 3.75. The first-order chi connectivity index (χ1) is 10.1. The van der Waals surface area contributed by atoms with Gasteiger partial charge in [0.25, 0.3) is 0 Å². The van der Waals surface area contributed by atoms with Crippen molar-refractivity contribution in [2.24, 2.45) is 0 Å². The van der Waals surface area contributed by atoms with Gasteiger partial charge in [-0.1, -0.05) is 19.9 Å². The van der Waals surface area contributed by atoms with E-state index in [4.69, 9.17) is 9.15 Å². The van der Waals surface area contributed by atoms with Gasteiger partial charge in [-0.25, -0.2) is 0 Å². The van der Waals surface area contributed by atoms with E-state index in [0.717, 1.165) is 18.0 Å². The molecule has 4 heteroatoms. The predicted octanol–water partition coefficient (Wildman–Crippen LogP) is 4.15.